The number of halogens is 1. The molecule has 0 aromatic heterocycles. The van der Waals surface area contributed by atoms with Crippen molar-refractivity contribution < 1.29 is 19.0 Å². The van der Waals surface area contributed by atoms with E-state index in [0.717, 1.165) is 12.0 Å². The summed E-state index contributed by atoms with van der Waals surface area (Å²) >= 11 is 0. The Hall–Kier alpha value is -1.58. The summed E-state index contributed by atoms with van der Waals surface area (Å²) in [5.41, 5.74) is 0.999. The van der Waals surface area contributed by atoms with Gasteiger partial charge in [-0.1, -0.05) is 18.2 Å². The Kier molecular flexibility index (Phi) is 2.11. The lowest BCUT2D eigenvalue weighted by Gasteiger charge is -2.08. The number of para-hydroxylation sites is 1. The second-order valence-electron chi connectivity index (χ2n) is 3.13. The molecule has 1 atom stereocenters. The van der Waals surface area contributed by atoms with Crippen LogP contribution in [0.2, 0.25) is 0 Å². The largest absolute Gasteiger partial charge is 0.493 e. The minimum atomic E-state index is -2.00. The Morgan fingerprint density at radius 2 is 2.36 bits per heavy atom. The van der Waals surface area contributed by atoms with Crippen molar-refractivity contribution in [1.82, 2.24) is 0 Å². The highest BCUT2D eigenvalue weighted by molar-refractivity contribution is 5.75. The molecule has 0 fully saturated rings. The number of fused-ring (bicyclic) bond motifs is 1. The van der Waals surface area contributed by atoms with Crippen LogP contribution in [0.4, 0.5) is 4.39 Å². The Morgan fingerprint density at radius 1 is 1.57 bits per heavy atom. The molecule has 1 N–H and O–H groups in total. The van der Waals surface area contributed by atoms with Crippen LogP contribution in [-0.2, 0) is 11.2 Å². The molecule has 0 saturated carbocycles. The number of carboxylic acid groups (broad SMARTS) is 1. The van der Waals surface area contributed by atoms with Crippen molar-refractivity contribution >= 4 is 5.97 Å². The van der Waals surface area contributed by atoms with Crippen molar-refractivity contribution in [2.75, 3.05) is 6.61 Å². The van der Waals surface area contributed by atoms with E-state index in [4.69, 9.17) is 9.84 Å². The number of ether oxygens (including phenoxy) is 1. The van der Waals surface area contributed by atoms with Gasteiger partial charge < -0.3 is 9.84 Å². The first-order chi connectivity index (χ1) is 6.70. The molecule has 1 aromatic rings. The molecule has 0 spiro atoms. The number of hydrogen-bond donors (Lipinski definition) is 1. The van der Waals surface area contributed by atoms with Gasteiger partial charge in [-0.15, -0.1) is 0 Å². The van der Waals surface area contributed by atoms with Gasteiger partial charge in [-0.05, 0) is 5.56 Å². The monoisotopic (exact) mass is 196 g/mol. The molecule has 4 heteroatoms. The number of carbonyl (C=O) groups is 1. The summed E-state index contributed by atoms with van der Waals surface area (Å²) in [6, 6.07) is 4.92. The van der Waals surface area contributed by atoms with Crippen LogP contribution in [0.25, 0.3) is 0 Å². The summed E-state index contributed by atoms with van der Waals surface area (Å²) in [7, 11) is 0. The van der Waals surface area contributed by atoms with Crippen LogP contribution < -0.4 is 4.74 Å². The number of aliphatic carboxylic acids is 1. The van der Waals surface area contributed by atoms with Crippen molar-refractivity contribution in [3.05, 3.63) is 29.3 Å². The van der Waals surface area contributed by atoms with E-state index >= 15 is 0 Å². The second kappa shape index (κ2) is 3.29. The van der Waals surface area contributed by atoms with Crippen LogP contribution >= 0.6 is 0 Å². The smallest absolute Gasteiger partial charge is 0.343 e. The first kappa shape index (κ1) is 8.99. The molecule has 3 nitrogen and oxygen atoms in total. The standard InChI is InChI=1S/C10H9FO3/c11-8(10(12)13)7-3-1-2-6-4-5-14-9(6)7/h1-3,8H,4-5H2,(H,12,13). The third-order valence-corrected chi connectivity index (χ3v) is 2.23. The third-order valence-electron chi connectivity index (χ3n) is 2.23. The number of hydrogen-bond acceptors (Lipinski definition) is 2. The highest BCUT2D eigenvalue weighted by atomic mass is 19.1. The molecule has 1 unspecified atom stereocenters. The average molecular weight is 196 g/mol. The van der Waals surface area contributed by atoms with Gasteiger partial charge in [0.2, 0.25) is 6.17 Å². The fraction of sp³-hybridized carbons (Fsp3) is 0.300. The van der Waals surface area contributed by atoms with Crippen molar-refractivity contribution in [2.45, 2.75) is 12.6 Å². The number of alkyl halides is 1. The van der Waals surface area contributed by atoms with E-state index in [9.17, 15) is 9.18 Å². The van der Waals surface area contributed by atoms with Gasteiger partial charge in [0.15, 0.2) is 0 Å². The average Bonchev–Trinajstić information content (AvgIpc) is 2.63. The molecule has 1 aromatic carbocycles. The van der Waals surface area contributed by atoms with E-state index in [2.05, 4.69) is 0 Å². The molecule has 0 radical (unpaired) electrons. The summed E-state index contributed by atoms with van der Waals surface area (Å²) < 4.78 is 18.4. The normalized spacial score (nSPS) is 15.8. The molecule has 1 aliphatic rings. The zero-order valence-electron chi connectivity index (χ0n) is 7.37. The maximum absolute atomic E-state index is 13.2. The lowest BCUT2D eigenvalue weighted by atomic mass is 10.0. The fourth-order valence-electron chi connectivity index (χ4n) is 1.57. The molecule has 0 amide bonds. The van der Waals surface area contributed by atoms with E-state index in [1.54, 1.807) is 6.07 Å². The van der Waals surface area contributed by atoms with Gasteiger partial charge in [0.05, 0.1) is 6.61 Å². The number of carboxylic acids is 1. The van der Waals surface area contributed by atoms with Crippen LogP contribution in [0.5, 0.6) is 5.75 Å². The van der Waals surface area contributed by atoms with E-state index in [-0.39, 0.29) is 5.56 Å². The minimum Gasteiger partial charge on any atom is -0.493 e. The highest BCUT2D eigenvalue weighted by Crippen LogP contribution is 2.34. The van der Waals surface area contributed by atoms with Gasteiger partial charge in [-0.25, -0.2) is 9.18 Å². The Labute approximate surface area is 80.1 Å². The third kappa shape index (κ3) is 1.32. The van der Waals surface area contributed by atoms with E-state index < -0.39 is 12.1 Å². The summed E-state index contributed by atoms with van der Waals surface area (Å²) in [6.45, 7) is 0.499. The predicted molar refractivity (Wildman–Crippen MR) is 47.1 cm³/mol. The van der Waals surface area contributed by atoms with E-state index in [0.29, 0.717) is 12.4 Å². The second-order valence-corrected chi connectivity index (χ2v) is 3.13. The molecule has 74 valence electrons. The van der Waals surface area contributed by atoms with Gasteiger partial charge in [-0.2, -0.15) is 0 Å². The van der Waals surface area contributed by atoms with Crippen LogP contribution in [0.15, 0.2) is 18.2 Å². The van der Waals surface area contributed by atoms with Crippen molar-refractivity contribution in [1.29, 1.82) is 0 Å². The van der Waals surface area contributed by atoms with E-state index in [1.807, 2.05) is 6.07 Å². The molecule has 1 aliphatic heterocycles. The predicted octanol–water partition coefficient (Wildman–Crippen LogP) is 1.72. The summed E-state index contributed by atoms with van der Waals surface area (Å²) in [4.78, 5) is 10.5. The summed E-state index contributed by atoms with van der Waals surface area (Å²) in [5, 5.41) is 8.54. The van der Waals surface area contributed by atoms with Gasteiger partial charge in [0.1, 0.15) is 5.75 Å². The molecule has 0 saturated heterocycles. The molecule has 2 rings (SSSR count). The van der Waals surface area contributed by atoms with Gasteiger partial charge in [-0.3, -0.25) is 0 Å². The minimum absolute atomic E-state index is 0.118. The summed E-state index contributed by atoms with van der Waals surface area (Å²) in [5.74, 6) is -1.07. The lowest BCUT2D eigenvalue weighted by Crippen LogP contribution is -2.07. The molecular weight excluding hydrogens is 187 g/mol. The summed E-state index contributed by atoms with van der Waals surface area (Å²) in [6.07, 6.45) is -1.28. The van der Waals surface area contributed by atoms with Crippen molar-refractivity contribution in [2.24, 2.45) is 0 Å². The SMILES string of the molecule is O=C(O)C(F)c1cccc2c1OCC2. The molecular formula is C10H9FO3. The molecule has 0 bridgehead atoms. The molecule has 0 aliphatic carbocycles. The highest BCUT2D eigenvalue weighted by Gasteiger charge is 2.26. The van der Waals surface area contributed by atoms with Gasteiger partial charge >= 0.3 is 5.97 Å². The Bertz CT molecular complexity index is 376. The van der Waals surface area contributed by atoms with Crippen LogP contribution in [0.1, 0.15) is 17.3 Å². The van der Waals surface area contributed by atoms with Gasteiger partial charge in [0, 0.05) is 12.0 Å². The maximum atomic E-state index is 13.2. The Morgan fingerprint density at radius 3 is 3.07 bits per heavy atom. The lowest BCUT2D eigenvalue weighted by molar-refractivity contribution is -0.143. The van der Waals surface area contributed by atoms with Crippen LogP contribution in [0, 0.1) is 0 Å². The first-order valence-corrected chi connectivity index (χ1v) is 4.31. The molecule has 14 heavy (non-hydrogen) atoms. The van der Waals surface area contributed by atoms with Crippen molar-refractivity contribution in [3.8, 4) is 5.75 Å². The van der Waals surface area contributed by atoms with Crippen molar-refractivity contribution in [3.63, 3.8) is 0 Å². The zero-order valence-corrected chi connectivity index (χ0v) is 7.37. The Balaban J connectivity index is 2.44. The maximum Gasteiger partial charge on any atom is 0.343 e. The fourth-order valence-corrected chi connectivity index (χ4v) is 1.57. The number of benzene rings is 1. The van der Waals surface area contributed by atoms with Gasteiger partial charge in [0.25, 0.3) is 0 Å². The van der Waals surface area contributed by atoms with E-state index in [1.165, 1.54) is 6.07 Å². The van der Waals surface area contributed by atoms with Crippen LogP contribution in [0.3, 0.4) is 0 Å². The quantitative estimate of drug-likeness (QED) is 0.783. The number of rotatable bonds is 2. The first-order valence-electron chi connectivity index (χ1n) is 4.31. The van der Waals surface area contributed by atoms with Crippen LogP contribution in [-0.4, -0.2) is 17.7 Å². The topological polar surface area (TPSA) is 46.5 Å². The zero-order chi connectivity index (χ0) is 10.1. The molecule has 1 heterocycles.